The molecule has 2 aromatic heterocycles. The Morgan fingerprint density at radius 3 is 2.70 bits per heavy atom. The van der Waals surface area contributed by atoms with Crippen LogP contribution in [0.4, 0.5) is 19.1 Å². The van der Waals surface area contributed by atoms with Gasteiger partial charge in [-0.25, -0.2) is 4.79 Å². The number of rotatable bonds is 3. The van der Waals surface area contributed by atoms with E-state index in [1.54, 1.807) is 24.5 Å². The van der Waals surface area contributed by atoms with E-state index in [4.69, 9.17) is 0 Å². The van der Waals surface area contributed by atoms with Crippen LogP contribution in [0.2, 0.25) is 0 Å². The van der Waals surface area contributed by atoms with E-state index in [9.17, 15) is 18.0 Å². The monoisotopic (exact) mass is 286 g/mol. The number of nitrogens with zero attached hydrogens (tertiary/aromatic N) is 3. The van der Waals surface area contributed by atoms with Crippen LogP contribution in [0, 0.1) is 6.92 Å². The van der Waals surface area contributed by atoms with Crippen molar-refractivity contribution >= 4 is 5.95 Å². The summed E-state index contributed by atoms with van der Waals surface area (Å²) in [5.41, 5.74) is 2.93. The predicted molar refractivity (Wildman–Crippen MR) is 63.4 cm³/mol. The van der Waals surface area contributed by atoms with E-state index in [-0.39, 0.29) is 5.82 Å². The van der Waals surface area contributed by atoms with Gasteiger partial charge in [-0.15, -0.1) is 5.43 Å². The normalized spacial score (nSPS) is 11.4. The van der Waals surface area contributed by atoms with Crippen molar-refractivity contribution in [1.82, 2.24) is 25.4 Å². The zero-order valence-electron chi connectivity index (χ0n) is 10.1. The Hall–Kier alpha value is -2.49. The molecule has 0 bridgehead atoms. The second-order valence-corrected chi connectivity index (χ2v) is 3.74. The maximum atomic E-state index is 12.0. The van der Waals surface area contributed by atoms with Gasteiger partial charge in [0.1, 0.15) is 5.69 Å². The second-order valence-electron chi connectivity index (χ2n) is 3.74. The van der Waals surface area contributed by atoms with Gasteiger partial charge in [0.2, 0.25) is 5.95 Å². The van der Waals surface area contributed by atoms with E-state index < -0.39 is 17.9 Å². The van der Waals surface area contributed by atoms with Gasteiger partial charge >= 0.3 is 12.0 Å². The van der Waals surface area contributed by atoms with Crippen LogP contribution in [-0.2, 0) is 0 Å². The minimum absolute atomic E-state index is 0.0228. The summed E-state index contributed by atoms with van der Waals surface area (Å²) >= 11 is 0. The smallest absolute Gasteiger partial charge is 0.288 e. The highest BCUT2D eigenvalue weighted by molar-refractivity contribution is 5.54. The minimum atomic E-state index is -4.67. The lowest BCUT2D eigenvalue weighted by Crippen LogP contribution is -2.38. The van der Waals surface area contributed by atoms with Crippen LogP contribution in [0.1, 0.15) is 5.56 Å². The van der Waals surface area contributed by atoms with E-state index in [1.807, 2.05) is 0 Å². The summed E-state index contributed by atoms with van der Waals surface area (Å²) in [6, 6.07) is 3.41. The second kappa shape index (κ2) is 5.25. The third-order valence-electron chi connectivity index (χ3n) is 2.20. The topological polar surface area (TPSA) is 95.6 Å². The Morgan fingerprint density at radius 1 is 1.30 bits per heavy atom. The minimum Gasteiger partial charge on any atom is -0.288 e. The van der Waals surface area contributed by atoms with Crippen molar-refractivity contribution in [2.45, 2.75) is 13.2 Å². The summed E-state index contributed by atoms with van der Waals surface area (Å²) in [5.74, 6) is -0.485. The molecule has 0 unspecified atom stereocenters. The molecule has 3 N–H and O–H groups in total. The third-order valence-corrected chi connectivity index (χ3v) is 2.20. The summed E-state index contributed by atoms with van der Waals surface area (Å²) in [5, 5.41) is 0. The average molecular weight is 286 g/mol. The summed E-state index contributed by atoms with van der Waals surface area (Å²) in [7, 11) is 0. The molecule has 0 spiro atoms. The van der Waals surface area contributed by atoms with Gasteiger partial charge < -0.3 is 0 Å². The zero-order valence-corrected chi connectivity index (χ0v) is 10.1. The van der Waals surface area contributed by atoms with Crippen LogP contribution in [0.5, 0.6) is 0 Å². The van der Waals surface area contributed by atoms with E-state index in [0.717, 1.165) is 5.43 Å². The molecule has 0 atom stereocenters. The van der Waals surface area contributed by atoms with Crippen LogP contribution >= 0.6 is 0 Å². The molecule has 7 nitrogen and oxygen atoms in total. The van der Waals surface area contributed by atoms with Crippen molar-refractivity contribution < 1.29 is 13.2 Å². The van der Waals surface area contributed by atoms with Crippen molar-refractivity contribution in [3.63, 3.8) is 0 Å². The maximum Gasteiger partial charge on any atom is 0.474 e. The number of nitrogens with one attached hydrogen (secondary N) is 3. The van der Waals surface area contributed by atoms with Crippen LogP contribution < -0.4 is 16.5 Å². The first kappa shape index (κ1) is 13.9. The highest BCUT2D eigenvalue weighted by atomic mass is 19.4. The molecule has 0 aliphatic rings. The number of pyridine rings is 1. The Morgan fingerprint density at radius 2 is 2.05 bits per heavy atom. The molecular formula is C10H9F3N6O. The first-order valence-electron chi connectivity index (χ1n) is 5.35. The number of halogens is 3. The lowest BCUT2D eigenvalue weighted by molar-refractivity contribution is -0.151. The van der Waals surface area contributed by atoms with Crippen molar-refractivity contribution in [3.8, 4) is 11.5 Å². The number of alkyl halides is 3. The van der Waals surface area contributed by atoms with Gasteiger partial charge in [0.25, 0.3) is 0 Å². The van der Waals surface area contributed by atoms with Crippen LogP contribution in [0.25, 0.3) is 11.5 Å². The summed E-state index contributed by atoms with van der Waals surface area (Å²) in [4.78, 5) is 24.7. The average Bonchev–Trinajstić information content (AvgIpc) is 2.35. The van der Waals surface area contributed by atoms with Gasteiger partial charge in [0.15, 0.2) is 5.82 Å². The Bertz CT molecular complexity index is 669. The third kappa shape index (κ3) is 3.51. The zero-order chi connectivity index (χ0) is 14.8. The summed E-state index contributed by atoms with van der Waals surface area (Å²) in [6.07, 6.45) is -3.20. The van der Waals surface area contributed by atoms with Gasteiger partial charge in [-0.05, 0) is 18.6 Å². The molecule has 0 saturated carbocycles. The SMILES string of the molecule is Cc1cccnc1-c1nc(NNC(F)(F)F)nc(=O)[nH]1. The summed E-state index contributed by atoms with van der Waals surface area (Å²) < 4.78 is 36.0. The number of aromatic nitrogens is 4. The highest BCUT2D eigenvalue weighted by Gasteiger charge is 2.27. The Labute approximate surface area is 110 Å². The van der Waals surface area contributed by atoms with Gasteiger partial charge in [-0.3, -0.25) is 15.4 Å². The molecular weight excluding hydrogens is 277 g/mol. The number of hydrazine groups is 1. The van der Waals surface area contributed by atoms with Gasteiger partial charge in [-0.2, -0.15) is 23.1 Å². The lowest BCUT2D eigenvalue weighted by atomic mass is 10.2. The van der Waals surface area contributed by atoms with Gasteiger partial charge in [-0.1, -0.05) is 6.07 Å². The number of aryl methyl sites for hydroxylation is 1. The fraction of sp³-hybridized carbons (Fsp3) is 0.200. The van der Waals surface area contributed by atoms with Gasteiger partial charge in [0, 0.05) is 6.20 Å². The fourth-order valence-electron chi connectivity index (χ4n) is 1.41. The van der Waals surface area contributed by atoms with E-state index in [0.29, 0.717) is 11.3 Å². The number of hydrogen-bond donors (Lipinski definition) is 3. The Kier molecular flexibility index (Phi) is 3.66. The number of anilines is 1. The van der Waals surface area contributed by atoms with Crippen LogP contribution in [-0.4, -0.2) is 26.2 Å². The lowest BCUT2D eigenvalue weighted by Gasteiger charge is -2.10. The maximum absolute atomic E-state index is 12.0. The van der Waals surface area contributed by atoms with Crippen LogP contribution in [0.15, 0.2) is 23.1 Å². The largest absolute Gasteiger partial charge is 0.474 e. The van der Waals surface area contributed by atoms with E-state index in [2.05, 4.69) is 19.9 Å². The number of hydrogen-bond acceptors (Lipinski definition) is 6. The van der Waals surface area contributed by atoms with Crippen molar-refractivity contribution in [3.05, 3.63) is 34.4 Å². The molecule has 0 aromatic carbocycles. The fourth-order valence-corrected chi connectivity index (χ4v) is 1.41. The van der Waals surface area contributed by atoms with E-state index in [1.165, 1.54) is 6.20 Å². The molecule has 0 amide bonds. The highest BCUT2D eigenvalue weighted by Crippen LogP contribution is 2.15. The molecule has 0 aliphatic heterocycles. The summed E-state index contributed by atoms with van der Waals surface area (Å²) in [6.45, 7) is 1.73. The van der Waals surface area contributed by atoms with Crippen molar-refractivity contribution in [2.75, 3.05) is 5.43 Å². The molecule has 0 radical (unpaired) electrons. The van der Waals surface area contributed by atoms with Crippen molar-refractivity contribution in [1.29, 1.82) is 0 Å². The molecule has 0 saturated heterocycles. The molecule has 20 heavy (non-hydrogen) atoms. The van der Waals surface area contributed by atoms with Crippen molar-refractivity contribution in [2.24, 2.45) is 0 Å². The van der Waals surface area contributed by atoms with Crippen LogP contribution in [0.3, 0.4) is 0 Å². The number of aromatic amines is 1. The number of H-pyrrole nitrogens is 1. The molecule has 10 heteroatoms. The first-order valence-corrected chi connectivity index (χ1v) is 5.35. The molecule has 2 aromatic rings. The molecule has 2 rings (SSSR count). The molecule has 2 heterocycles. The molecule has 0 aliphatic carbocycles. The molecule has 106 valence electrons. The Balaban J connectivity index is 2.35. The first-order chi connectivity index (χ1) is 9.35. The molecule has 0 fully saturated rings. The standard InChI is InChI=1S/C10H9F3N6O/c1-5-3-2-4-14-6(5)7-15-8(17-9(20)16-7)18-19-10(11,12)13/h2-4,19H,1H3,(H2,15,16,17,18,20). The quantitative estimate of drug-likeness (QED) is 0.575. The predicted octanol–water partition coefficient (Wildman–Crippen LogP) is 0.972. The van der Waals surface area contributed by atoms with E-state index >= 15 is 0 Å². The van der Waals surface area contributed by atoms with Gasteiger partial charge in [0.05, 0.1) is 0 Å².